The zero-order valence-corrected chi connectivity index (χ0v) is 14.5. The molecule has 0 aliphatic rings. The third-order valence-electron chi connectivity index (χ3n) is 2.83. The zero-order chi connectivity index (χ0) is 13.2. The average molecular weight is 375 g/mol. The molecule has 1 aromatic rings. The molecule has 0 aromatic heterocycles. The normalized spacial score (nSPS) is 10.8. The van der Waals surface area contributed by atoms with Gasteiger partial charge in [0.25, 0.3) is 0 Å². The van der Waals surface area contributed by atoms with Crippen molar-refractivity contribution < 1.29 is 0 Å². The van der Waals surface area contributed by atoms with Gasteiger partial charge in [0.15, 0.2) is 5.96 Å². The van der Waals surface area contributed by atoms with Gasteiger partial charge in [0, 0.05) is 20.1 Å². The summed E-state index contributed by atoms with van der Waals surface area (Å²) in [5, 5.41) is 6.64. The summed E-state index contributed by atoms with van der Waals surface area (Å²) in [6.45, 7) is 6.22. The molecule has 0 unspecified atom stereocenters. The molecule has 0 saturated carbocycles. The number of nitrogens with zero attached hydrogens (tertiary/aromatic N) is 1. The Kier molecular flexibility index (Phi) is 10.6. The molecule has 0 amide bonds. The van der Waals surface area contributed by atoms with Crippen molar-refractivity contribution in [1.82, 2.24) is 10.6 Å². The van der Waals surface area contributed by atoms with Gasteiger partial charge in [-0.1, -0.05) is 43.2 Å². The monoisotopic (exact) mass is 375 g/mol. The largest absolute Gasteiger partial charge is 0.356 e. The van der Waals surface area contributed by atoms with Gasteiger partial charge in [-0.2, -0.15) is 0 Å². The van der Waals surface area contributed by atoms with E-state index < -0.39 is 0 Å². The lowest BCUT2D eigenvalue weighted by atomic mass is 10.1. The van der Waals surface area contributed by atoms with Crippen molar-refractivity contribution in [2.45, 2.75) is 33.1 Å². The fraction of sp³-hybridized carbons (Fsp3) is 0.533. The predicted molar refractivity (Wildman–Crippen MR) is 94.6 cm³/mol. The molecule has 1 rings (SSSR count). The topological polar surface area (TPSA) is 36.4 Å². The smallest absolute Gasteiger partial charge is 0.190 e. The number of rotatable bonds is 6. The van der Waals surface area contributed by atoms with Crippen LogP contribution in [0, 0.1) is 6.92 Å². The maximum Gasteiger partial charge on any atom is 0.190 e. The number of aliphatic imine (C=N–C) groups is 1. The van der Waals surface area contributed by atoms with E-state index in [1.165, 1.54) is 24.0 Å². The van der Waals surface area contributed by atoms with E-state index in [9.17, 15) is 0 Å². The molecular weight excluding hydrogens is 349 g/mol. The number of guanidine groups is 1. The molecule has 0 aliphatic carbocycles. The molecule has 0 atom stereocenters. The summed E-state index contributed by atoms with van der Waals surface area (Å²) < 4.78 is 0. The van der Waals surface area contributed by atoms with Crippen LogP contribution in [0.15, 0.2) is 29.3 Å². The molecule has 108 valence electrons. The van der Waals surface area contributed by atoms with Gasteiger partial charge in [-0.3, -0.25) is 4.99 Å². The molecule has 0 fully saturated rings. The maximum atomic E-state index is 4.20. The van der Waals surface area contributed by atoms with E-state index >= 15 is 0 Å². The number of halogens is 1. The molecule has 2 N–H and O–H groups in total. The molecule has 0 heterocycles. The number of nitrogens with one attached hydrogen (secondary N) is 2. The summed E-state index contributed by atoms with van der Waals surface area (Å²) in [6, 6.07) is 8.64. The van der Waals surface area contributed by atoms with Gasteiger partial charge in [0.2, 0.25) is 0 Å². The molecule has 1 aromatic carbocycles. The summed E-state index contributed by atoms with van der Waals surface area (Å²) in [6.07, 6.45) is 3.40. The second kappa shape index (κ2) is 11.1. The Bertz CT molecular complexity index is 377. The van der Waals surface area contributed by atoms with Gasteiger partial charge >= 0.3 is 0 Å². The Morgan fingerprint density at radius 2 is 1.95 bits per heavy atom. The van der Waals surface area contributed by atoms with E-state index in [1.807, 2.05) is 7.05 Å². The lowest BCUT2D eigenvalue weighted by Gasteiger charge is -2.11. The van der Waals surface area contributed by atoms with Crippen molar-refractivity contribution in [3.63, 3.8) is 0 Å². The van der Waals surface area contributed by atoms with Gasteiger partial charge in [0.1, 0.15) is 0 Å². The fourth-order valence-corrected chi connectivity index (χ4v) is 1.80. The first-order valence-corrected chi connectivity index (χ1v) is 6.76. The first-order valence-electron chi connectivity index (χ1n) is 6.76. The van der Waals surface area contributed by atoms with Gasteiger partial charge < -0.3 is 10.6 Å². The maximum absolute atomic E-state index is 4.20. The van der Waals surface area contributed by atoms with Crippen LogP contribution >= 0.6 is 24.0 Å². The SMILES string of the molecule is CCCCNC(=NC)NCCc1cccc(C)c1.I. The summed E-state index contributed by atoms with van der Waals surface area (Å²) in [7, 11) is 1.81. The number of hydrogen-bond acceptors (Lipinski definition) is 1. The second-order valence-electron chi connectivity index (χ2n) is 4.52. The van der Waals surface area contributed by atoms with E-state index in [-0.39, 0.29) is 24.0 Å². The highest BCUT2D eigenvalue weighted by Crippen LogP contribution is 2.03. The number of hydrogen-bond donors (Lipinski definition) is 2. The number of aryl methyl sites for hydroxylation is 1. The molecule has 19 heavy (non-hydrogen) atoms. The van der Waals surface area contributed by atoms with E-state index in [0.29, 0.717) is 0 Å². The van der Waals surface area contributed by atoms with Crippen molar-refractivity contribution in [1.29, 1.82) is 0 Å². The standard InChI is InChI=1S/C15H25N3.HI/c1-4-5-10-17-15(16-3)18-11-9-14-8-6-7-13(2)12-14;/h6-8,12H,4-5,9-11H2,1-3H3,(H2,16,17,18);1H. The van der Waals surface area contributed by atoms with Crippen LogP contribution in [-0.2, 0) is 6.42 Å². The highest BCUT2D eigenvalue weighted by atomic mass is 127. The quantitative estimate of drug-likeness (QED) is 0.347. The average Bonchev–Trinajstić information content (AvgIpc) is 2.37. The minimum Gasteiger partial charge on any atom is -0.356 e. The van der Waals surface area contributed by atoms with Crippen molar-refractivity contribution in [2.24, 2.45) is 4.99 Å². The molecule has 0 saturated heterocycles. The van der Waals surface area contributed by atoms with Gasteiger partial charge in [-0.05, 0) is 25.3 Å². The lowest BCUT2D eigenvalue weighted by Crippen LogP contribution is -2.38. The third-order valence-corrected chi connectivity index (χ3v) is 2.83. The van der Waals surface area contributed by atoms with Crippen LogP contribution in [0.5, 0.6) is 0 Å². The van der Waals surface area contributed by atoms with Crippen LogP contribution in [0.2, 0.25) is 0 Å². The van der Waals surface area contributed by atoms with Crippen LogP contribution in [0.4, 0.5) is 0 Å². The summed E-state index contributed by atoms with van der Waals surface area (Å²) in [4.78, 5) is 4.20. The highest BCUT2D eigenvalue weighted by molar-refractivity contribution is 14.0. The molecule has 3 nitrogen and oxygen atoms in total. The van der Waals surface area contributed by atoms with E-state index in [2.05, 4.69) is 53.7 Å². The van der Waals surface area contributed by atoms with Crippen molar-refractivity contribution in [3.8, 4) is 0 Å². The second-order valence-corrected chi connectivity index (χ2v) is 4.52. The summed E-state index contributed by atoms with van der Waals surface area (Å²) in [5.74, 6) is 0.899. The summed E-state index contributed by atoms with van der Waals surface area (Å²) >= 11 is 0. The molecule has 0 bridgehead atoms. The van der Waals surface area contributed by atoms with Crippen molar-refractivity contribution in [2.75, 3.05) is 20.1 Å². The molecular formula is C15H26IN3. The Hall–Kier alpha value is -0.780. The minimum atomic E-state index is 0. The Balaban J connectivity index is 0.00000324. The van der Waals surface area contributed by atoms with Crippen LogP contribution in [-0.4, -0.2) is 26.1 Å². The predicted octanol–water partition coefficient (Wildman–Crippen LogP) is 3.12. The Labute approximate surface area is 134 Å². The van der Waals surface area contributed by atoms with E-state index in [1.54, 1.807) is 0 Å². The van der Waals surface area contributed by atoms with Crippen LogP contribution in [0.25, 0.3) is 0 Å². The summed E-state index contributed by atoms with van der Waals surface area (Å²) in [5.41, 5.74) is 2.68. The third kappa shape index (κ3) is 8.08. The van der Waals surface area contributed by atoms with Crippen molar-refractivity contribution in [3.05, 3.63) is 35.4 Å². The molecule has 0 aliphatic heterocycles. The lowest BCUT2D eigenvalue weighted by molar-refractivity contribution is 0.726. The van der Waals surface area contributed by atoms with Gasteiger partial charge in [0.05, 0.1) is 0 Å². The zero-order valence-electron chi connectivity index (χ0n) is 12.2. The van der Waals surface area contributed by atoms with E-state index in [4.69, 9.17) is 0 Å². The first kappa shape index (κ1) is 18.2. The number of benzene rings is 1. The molecule has 4 heteroatoms. The number of unbranched alkanes of at least 4 members (excludes halogenated alkanes) is 1. The molecule has 0 spiro atoms. The molecule has 0 radical (unpaired) electrons. The van der Waals surface area contributed by atoms with Gasteiger partial charge in [-0.15, -0.1) is 24.0 Å². The van der Waals surface area contributed by atoms with Crippen LogP contribution in [0.3, 0.4) is 0 Å². The van der Waals surface area contributed by atoms with Crippen LogP contribution in [0.1, 0.15) is 30.9 Å². The van der Waals surface area contributed by atoms with E-state index in [0.717, 1.165) is 25.5 Å². The van der Waals surface area contributed by atoms with Crippen molar-refractivity contribution >= 4 is 29.9 Å². The highest BCUT2D eigenvalue weighted by Gasteiger charge is 1.97. The minimum absolute atomic E-state index is 0. The Morgan fingerprint density at radius 1 is 1.21 bits per heavy atom. The van der Waals surface area contributed by atoms with Crippen LogP contribution < -0.4 is 10.6 Å². The first-order chi connectivity index (χ1) is 8.76. The van der Waals surface area contributed by atoms with Gasteiger partial charge in [-0.25, -0.2) is 0 Å². The Morgan fingerprint density at radius 3 is 2.58 bits per heavy atom. The fourth-order valence-electron chi connectivity index (χ4n) is 1.80.